The minimum Gasteiger partial charge on any atom is -0.326 e. The van der Waals surface area contributed by atoms with Crippen molar-refractivity contribution >= 4 is 11.8 Å². The van der Waals surface area contributed by atoms with E-state index in [-0.39, 0.29) is 0 Å². The normalized spacial score (nSPS) is 10.6. The Hall–Kier alpha value is -1.33. The zero-order chi connectivity index (χ0) is 11.4. The van der Waals surface area contributed by atoms with Gasteiger partial charge in [0.05, 0.1) is 0 Å². The van der Waals surface area contributed by atoms with Crippen LogP contribution < -0.4 is 5.73 Å². The highest BCUT2D eigenvalue weighted by Crippen LogP contribution is 2.21. The van der Waals surface area contributed by atoms with Crippen LogP contribution in [0.3, 0.4) is 0 Å². The molecule has 0 unspecified atom stereocenters. The summed E-state index contributed by atoms with van der Waals surface area (Å²) in [6.45, 7) is 2.70. The van der Waals surface area contributed by atoms with E-state index in [4.69, 9.17) is 5.73 Å². The second-order valence-electron chi connectivity index (χ2n) is 3.54. The summed E-state index contributed by atoms with van der Waals surface area (Å²) in [6, 6.07) is 6.33. The van der Waals surface area contributed by atoms with Gasteiger partial charge < -0.3 is 5.73 Å². The first kappa shape index (κ1) is 11.2. The first-order valence-electron chi connectivity index (χ1n) is 5.06. The lowest BCUT2D eigenvalue weighted by Crippen LogP contribution is -1.97. The number of benzene rings is 1. The molecular weight excluding hydrogens is 220 g/mol. The number of thioether (sulfide) groups is 1. The maximum atomic E-state index is 5.59. The summed E-state index contributed by atoms with van der Waals surface area (Å²) in [5.41, 5.74) is 9.34. The molecule has 1 aromatic heterocycles. The van der Waals surface area contributed by atoms with E-state index in [1.54, 1.807) is 11.8 Å². The van der Waals surface area contributed by atoms with Gasteiger partial charge in [-0.2, -0.15) is 5.10 Å². The lowest BCUT2D eigenvalue weighted by molar-refractivity contribution is 0.972. The van der Waals surface area contributed by atoms with Crippen molar-refractivity contribution in [2.24, 2.45) is 5.73 Å². The van der Waals surface area contributed by atoms with Gasteiger partial charge in [-0.3, -0.25) is 5.10 Å². The lowest BCUT2D eigenvalue weighted by Gasteiger charge is -2.06. The first-order valence-corrected chi connectivity index (χ1v) is 6.05. The highest BCUT2D eigenvalue weighted by molar-refractivity contribution is 7.98. The van der Waals surface area contributed by atoms with E-state index in [1.807, 2.05) is 0 Å². The van der Waals surface area contributed by atoms with Crippen LogP contribution in [-0.2, 0) is 12.3 Å². The summed E-state index contributed by atoms with van der Waals surface area (Å²) < 4.78 is 0. The molecule has 2 aromatic rings. The van der Waals surface area contributed by atoms with E-state index in [9.17, 15) is 0 Å². The average molecular weight is 234 g/mol. The van der Waals surface area contributed by atoms with E-state index in [0.717, 1.165) is 10.9 Å². The first-order chi connectivity index (χ1) is 7.79. The van der Waals surface area contributed by atoms with Crippen molar-refractivity contribution in [1.29, 1.82) is 0 Å². The fourth-order valence-corrected chi connectivity index (χ4v) is 2.31. The van der Waals surface area contributed by atoms with Gasteiger partial charge in [0.15, 0.2) is 5.16 Å². The van der Waals surface area contributed by atoms with Crippen molar-refractivity contribution in [1.82, 2.24) is 15.2 Å². The van der Waals surface area contributed by atoms with E-state index < -0.39 is 0 Å². The smallest absolute Gasteiger partial charge is 0.183 e. The number of aromatic nitrogens is 3. The molecule has 0 saturated carbocycles. The van der Waals surface area contributed by atoms with Gasteiger partial charge in [0.2, 0.25) is 0 Å². The number of rotatable bonds is 4. The van der Waals surface area contributed by atoms with Crippen molar-refractivity contribution in [2.45, 2.75) is 24.4 Å². The lowest BCUT2D eigenvalue weighted by atomic mass is 10.1. The molecule has 1 heterocycles. The van der Waals surface area contributed by atoms with Crippen molar-refractivity contribution in [3.05, 3.63) is 41.2 Å². The molecule has 0 amide bonds. The van der Waals surface area contributed by atoms with Gasteiger partial charge in [0.25, 0.3) is 0 Å². The van der Waals surface area contributed by atoms with Crippen LogP contribution in [0.25, 0.3) is 0 Å². The van der Waals surface area contributed by atoms with Crippen LogP contribution >= 0.6 is 11.8 Å². The Morgan fingerprint density at radius 3 is 2.94 bits per heavy atom. The van der Waals surface area contributed by atoms with E-state index in [2.05, 4.69) is 40.3 Å². The number of nitrogens with one attached hydrogen (secondary N) is 1. The molecule has 0 aliphatic carbocycles. The highest BCUT2D eigenvalue weighted by atomic mass is 32.2. The number of aryl methyl sites for hydroxylation is 1. The van der Waals surface area contributed by atoms with Crippen LogP contribution in [0.2, 0.25) is 0 Å². The van der Waals surface area contributed by atoms with E-state index in [1.165, 1.54) is 23.0 Å². The second kappa shape index (κ2) is 5.14. The molecule has 84 valence electrons. The Morgan fingerprint density at radius 1 is 1.44 bits per heavy atom. The van der Waals surface area contributed by atoms with Crippen LogP contribution in [0.4, 0.5) is 0 Å². The Balaban J connectivity index is 2.04. The van der Waals surface area contributed by atoms with E-state index >= 15 is 0 Å². The van der Waals surface area contributed by atoms with Crippen molar-refractivity contribution in [3.63, 3.8) is 0 Å². The number of hydrogen-bond donors (Lipinski definition) is 2. The quantitative estimate of drug-likeness (QED) is 0.792. The van der Waals surface area contributed by atoms with Crippen molar-refractivity contribution in [3.8, 4) is 0 Å². The van der Waals surface area contributed by atoms with Crippen molar-refractivity contribution in [2.75, 3.05) is 0 Å². The standard InChI is InChI=1S/C11H14N4S/c1-8-4-9(5-12)2-3-10(8)6-16-11-13-7-14-15-11/h2-4,7H,5-6,12H2,1H3,(H,13,14,15). The molecule has 16 heavy (non-hydrogen) atoms. The van der Waals surface area contributed by atoms with Crippen LogP contribution in [0.1, 0.15) is 16.7 Å². The van der Waals surface area contributed by atoms with Gasteiger partial charge in [-0.05, 0) is 23.6 Å². The monoisotopic (exact) mass is 234 g/mol. The predicted molar refractivity (Wildman–Crippen MR) is 65.0 cm³/mol. The summed E-state index contributed by atoms with van der Waals surface area (Å²) in [5, 5.41) is 7.49. The van der Waals surface area contributed by atoms with Crippen LogP contribution in [-0.4, -0.2) is 15.2 Å². The fraction of sp³-hybridized carbons (Fsp3) is 0.273. The molecule has 2 rings (SSSR count). The molecule has 4 nitrogen and oxygen atoms in total. The topological polar surface area (TPSA) is 67.6 Å². The number of nitrogens with two attached hydrogens (primary N) is 1. The summed E-state index contributed by atoms with van der Waals surface area (Å²) in [6.07, 6.45) is 1.52. The summed E-state index contributed by atoms with van der Waals surface area (Å²) >= 11 is 1.65. The summed E-state index contributed by atoms with van der Waals surface area (Å²) in [4.78, 5) is 4.07. The van der Waals surface area contributed by atoms with Gasteiger partial charge in [-0.25, -0.2) is 4.98 Å². The molecule has 0 bridgehead atoms. The minimum absolute atomic E-state index is 0.594. The van der Waals surface area contributed by atoms with Gasteiger partial charge in [0.1, 0.15) is 6.33 Å². The third kappa shape index (κ3) is 2.62. The number of aromatic amines is 1. The van der Waals surface area contributed by atoms with Gasteiger partial charge in [-0.15, -0.1) is 0 Å². The summed E-state index contributed by atoms with van der Waals surface area (Å²) in [5.74, 6) is 0.895. The van der Waals surface area contributed by atoms with Crippen LogP contribution in [0.5, 0.6) is 0 Å². The maximum Gasteiger partial charge on any atom is 0.183 e. The molecule has 0 atom stereocenters. The van der Waals surface area contributed by atoms with Crippen LogP contribution in [0, 0.1) is 6.92 Å². The largest absolute Gasteiger partial charge is 0.326 e. The Morgan fingerprint density at radius 2 is 2.31 bits per heavy atom. The van der Waals surface area contributed by atoms with Gasteiger partial charge in [0, 0.05) is 12.3 Å². The molecule has 0 spiro atoms. The molecule has 1 aromatic carbocycles. The van der Waals surface area contributed by atoms with E-state index in [0.29, 0.717) is 6.54 Å². The summed E-state index contributed by atoms with van der Waals surface area (Å²) in [7, 11) is 0. The molecule has 3 N–H and O–H groups in total. The fourth-order valence-electron chi connectivity index (χ4n) is 1.46. The van der Waals surface area contributed by atoms with Crippen LogP contribution in [0.15, 0.2) is 29.7 Å². The maximum absolute atomic E-state index is 5.59. The molecule has 0 aliphatic rings. The van der Waals surface area contributed by atoms with Gasteiger partial charge in [-0.1, -0.05) is 30.0 Å². The molecular formula is C11H14N4S. The molecule has 0 fully saturated rings. The number of nitrogens with zero attached hydrogens (tertiary/aromatic N) is 2. The van der Waals surface area contributed by atoms with Gasteiger partial charge >= 0.3 is 0 Å². The predicted octanol–water partition coefficient (Wildman–Crippen LogP) is 1.86. The Kier molecular flexibility index (Phi) is 3.58. The Bertz CT molecular complexity index is 453. The zero-order valence-corrected chi connectivity index (χ0v) is 9.92. The second-order valence-corrected chi connectivity index (χ2v) is 4.51. The Labute approximate surface area is 98.7 Å². The third-order valence-corrected chi connectivity index (χ3v) is 3.33. The molecule has 0 radical (unpaired) electrons. The molecule has 0 saturated heterocycles. The average Bonchev–Trinajstić information content (AvgIpc) is 2.80. The SMILES string of the molecule is Cc1cc(CN)ccc1CSc1ncn[nH]1. The number of H-pyrrole nitrogens is 1. The molecule has 0 aliphatic heterocycles. The highest BCUT2D eigenvalue weighted by Gasteiger charge is 2.02. The zero-order valence-electron chi connectivity index (χ0n) is 9.10. The minimum atomic E-state index is 0.594. The molecule has 5 heteroatoms. The van der Waals surface area contributed by atoms with Crippen molar-refractivity contribution < 1.29 is 0 Å². The number of hydrogen-bond acceptors (Lipinski definition) is 4. The third-order valence-electron chi connectivity index (χ3n) is 2.40.